The van der Waals surface area contributed by atoms with Crippen LogP contribution in [0.4, 0.5) is 0 Å². The van der Waals surface area contributed by atoms with E-state index in [1.807, 2.05) is 20.8 Å². The van der Waals surface area contributed by atoms with Gasteiger partial charge in [0.25, 0.3) is 0 Å². The van der Waals surface area contributed by atoms with E-state index in [2.05, 4.69) is 25.7 Å². The van der Waals surface area contributed by atoms with Crippen molar-refractivity contribution in [2.24, 2.45) is 5.92 Å². The van der Waals surface area contributed by atoms with E-state index in [9.17, 15) is 4.79 Å². The van der Waals surface area contributed by atoms with Crippen LogP contribution in [0.25, 0.3) is 0 Å². The summed E-state index contributed by atoms with van der Waals surface area (Å²) in [7, 11) is 1.79. The number of ether oxygens (including phenoxy) is 1. The van der Waals surface area contributed by atoms with E-state index < -0.39 is 5.60 Å². The summed E-state index contributed by atoms with van der Waals surface area (Å²) < 4.78 is 5.29. The van der Waals surface area contributed by atoms with Crippen LogP contribution in [-0.4, -0.2) is 24.7 Å². The van der Waals surface area contributed by atoms with E-state index in [0.717, 1.165) is 6.42 Å². The lowest BCUT2D eigenvalue weighted by Gasteiger charge is -2.24. The van der Waals surface area contributed by atoms with Gasteiger partial charge in [0.15, 0.2) is 0 Å². The molecule has 1 atom stereocenters. The number of carbonyl (C=O) groups is 1. The summed E-state index contributed by atoms with van der Waals surface area (Å²) >= 11 is 0. The molecule has 0 saturated heterocycles. The standard InChI is InChI=1S/C11H23NO2.C4H6/c1-8(2)7-9(12-6)10(13)14-11(3,4)5;1-4-2-3-4/h8-9,12H,7H2,1-6H3;1-3H2. The lowest BCUT2D eigenvalue weighted by molar-refractivity contribution is -0.157. The van der Waals surface area contributed by atoms with Crippen LogP contribution in [0.2, 0.25) is 0 Å². The second-order valence-corrected chi connectivity index (χ2v) is 6.25. The molecule has 0 aliphatic heterocycles. The van der Waals surface area contributed by atoms with Crippen molar-refractivity contribution in [2.75, 3.05) is 7.05 Å². The monoisotopic (exact) mass is 255 g/mol. The maximum Gasteiger partial charge on any atom is 0.323 e. The lowest BCUT2D eigenvalue weighted by Crippen LogP contribution is -2.40. The first-order valence-corrected chi connectivity index (χ1v) is 6.72. The third kappa shape index (κ3) is 10.3. The zero-order valence-electron chi connectivity index (χ0n) is 12.8. The average molecular weight is 255 g/mol. The lowest BCUT2D eigenvalue weighted by atomic mass is 10.0. The molecule has 0 heterocycles. The van der Waals surface area contributed by atoms with E-state index in [1.54, 1.807) is 7.05 Å². The van der Waals surface area contributed by atoms with Gasteiger partial charge in [-0.3, -0.25) is 4.79 Å². The summed E-state index contributed by atoms with van der Waals surface area (Å²) in [5.41, 5.74) is 1.02. The Bertz CT molecular complexity index is 271. The van der Waals surface area contributed by atoms with Gasteiger partial charge in [-0.2, -0.15) is 0 Å². The molecule has 0 amide bonds. The Morgan fingerprint density at radius 2 is 1.83 bits per heavy atom. The first-order valence-electron chi connectivity index (χ1n) is 6.72. The van der Waals surface area contributed by atoms with Gasteiger partial charge in [0.1, 0.15) is 11.6 Å². The molecule has 1 N–H and O–H groups in total. The Balaban J connectivity index is 0.000000601. The van der Waals surface area contributed by atoms with Gasteiger partial charge in [-0.15, -0.1) is 0 Å². The molecule has 3 nitrogen and oxygen atoms in total. The molecular formula is C15H29NO2. The van der Waals surface area contributed by atoms with Crippen molar-refractivity contribution >= 4 is 5.97 Å². The highest BCUT2D eigenvalue weighted by atomic mass is 16.6. The van der Waals surface area contributed by atoms with Crippen LogP contribution >= 0.6 is 0 Å². The van der Waals surface area contributed by atoms with Crippen LogP contribution in [0.3, 0.4) is 0 Å². The number of nitrogens with one attached hydrogen (secondary N) is 1. The van der Waals surface area contributed by atoms with Crippen molar-refractivity contribution in [1.82, 2.24) is 5.32 Å². The summed E-state index contributed by atoms with van der Waals surface area (Å²) in [5.74, 6) is 0.327. The molecule has 106 valence electrons. The molecule has 1 unspecified atom stereocenters. The van der Waals surface area contributed by atoms with Gasteiger partial charge in [-0.05, 0) is 53.0 Å². The molecule has 1 saturated carbocycles. The quantitative estimate of drug-likeness (QED) is 0.619. The van der Waals surface area contributed by atoms with E-state index >= 15 is 0 Å². The highest BCUT2D eigenvalue weighted by Crippen LogP contribution is 2.23. The predicted molar refractivity (Wildman–Crippen MR) is 76.5 cm³/mol. The summed E-state index contributed by atoms with van der Waals surface area (Å²) in [5, 5.41) is 2.98. The van der Waals surface area contributed by atoms with Crippen molar-refractivity contribution in [3.8, 4) is 0 Å². The third-order valence-corrected chi connectivity index (χ3v) is 2.35. The maximum absolute atomic E-state index is 11.6. The number of allylic oxidation sites excluding steroid dienone is 1. The normalized spacial score (nSPS) is 15.8. The largest absolute Gasteiger partial charge is 0.459 e. The number of likely N-dealkylation sites (N-methyl/N-ethyl adjacent to an activating group) is 1. The van der Waals surface area contributed by atoms with Gasteiger partial charge >= 0.3 is 5.97 Å². The Kier molecular flexibility index (Phi) is 7.22. The fraction of sp³-hybridized carbons (Fsp3) is 0.800. The van der Waals surface area contributed by atoms with Gasteiger partial charge in [0.2, 0.25) is 0 Å². The minimum Gasteiger partial charge on any atom is -0.459 e. The summed E-state index contributed by atoms with van der Waals surface area (Å²) in [6.45, 7) is 13.5. The zero-order chi connectivity index (χ0) is 14.3. The molecule has 0 radical (unpaired) electrons. The number of carbonyl (C=O) groups excluding carboxylic acids is 1. The predicted octanol–water partition coefficient (Wildman–Crippen LogP) is 3.30. The van der Waals surface area contributed by atoms with Crippen molar-refractivity contribution < 1.29 is 9.53 Å². The van der Waals surface area contributed by atoms with Crippen LogP contribution in [-0.2, 0) is 9.53 Å². The molecule has 0 bridgehead atoms. The third-order valence-electron chi connectivity index (χ3n) is 2.35. The Morgan fingerprint density at radius 3 is 2.06 bits per heavy atom. The van der Waals surface area contributed by atoms with Gasteiger partial charge < -0.3 is 10.1 Å². The minimum absolute atomic E-state index is 0.159. The molecule has 1 rings (SSSR count). The fourth-order valence-electron chi connectivity index (χ4n) is 1.26. The van der Waals surface area contributed by atoms with Crippen LogP contribution in [0, 0.1) is 5.92 Å². The highest BCUT2D eigenvalue weighted by Gasteiger charge is 2.24. The number of hydrogen-bond acceptors (Lipinski definition) is 3. The van der Waals surface area contributed by atoms with E-state index in [0.29, 0.717) is 5.92 Å². The van der Waals surface area contributed by atoms with Crippen LogP contribution in [0.15, 0.2) is 12.2 Å². The van der Waals surface area contributed by atoms with E-state index in [-0.39, 0.29) is 12.0 Å². The van der Waals surface area contributed by atoms with Gasteiger partial charge in [-0.1, -0.05) is 26.0 Å². The molecule has 1 fully saturated rings. The van der Waals surface area contributed by atoms with Gasteiger partial charge in [0.05, 0.1) is 0 Å². The zero-order valence-corrected chi connectivity index (χ0v) is 12.8. The van der Waals surface area contributed by atoms with Crippen LogP contribution < -0.4 is 5.32 Å². The SMILES string of the molecule is C=C1CC1.CNC(CC(C)C)C(=O)OC(C)(C)C. The highest BCUT2D eigenvalue weighted by molar-refractivity contribution is 5.76. The number of rotatable bonds is 4. The molecule has 3 heteroatoms. The average Bonchev–Trinajstić information content (AvgIpc) is 2.94. The number of esters is 1. The first-order chi connectivity index (χ1) is 8.15. The number of hydrogen-bond donors (Lipinski definition) is 1. The van der Waals surface area contributed by atoms with Crippen LogP contribution in [0.5, 0.6) is 0 Å². The minimum atomic E-state index is -0.400. The van der Waals surface area contributed by atoms with Gasteiger partial charge in [0, 0.05) is 0 Å². The summed E-state index contributed by atoms with van der Waals surface area (Å²) in [6, 6.07) is -0.186. The topological polar surface area (TPSA) is 38.3 Å². The second kappa shape index (κ2) is 7.57. The first kappa shape index (κ1) is 17.2. The molecule has 0 spiro atoms. The molecule has 1 aliphatic rings. The van der Waals surface area contributed by atoms with E-state index in [4.69, 9.17) is 4.74 Å². The molecule has 0 aromatic rings. The molecule has 18 heavy (non-hydrogen) atoms. The summed E-state index contributed by atoms with van der Waals surface area (Å²) in [4.78, 5) is 11.6. The molecule has 0 aromatic heterocycles. The van der Waals surface area contributed by atoms with Crippen molar-refractivity contribution in [3.63, 3.8) is 0 Å². The summed E-state index contributed by atoms with van der Waals surface area (Å²) in [6.07, 6.45) is 3.39. The second-order valence-electron chi connectivity index (χ2n) is 6.25. The Hall–Kier alpha value is -0.830. The van der Waals surface area contributed by atoms with Crippen molar-refractivity contribution in [2.45, 2.75) is 65.5 Å². The smallest absolute Gasteiger partial charge is 0.323 e. The maximum atomic E-state index is 11.6. The van der Waals surface area contributed by atoms with Crippen molar-refractivity contribution in [3.05, 3.63) is 12.2 Å². The Labute approximate surface area is 112 Å². The molecule has 1 aliphatic carbocycles. The molecular weight excluding hydrogens is 226 g/mol. The van der Waals surface area contributed by atoms with Crippen molar-refractivity contribution in [1.29, 1.82) is 0 Å². The molecule has 0 aromatic carbocycles. The fourth-order valence-corrected chi connectivity index (χ4v) is 1.26. The van der Waals surface area contributed by atoms with Gasteiger partial charge in [-0.25, -0.2) is 0 Å². The van der Waals surface area contributed by atoms with Crippen LogP contribution in [0.1, 0.15) is 53.9 Å². The van der Waals surface area contributed by atoms with E-state index in [1.165, 1.54) is 18.4 Å². The Morgan fingerprint density at radius 1 is 1.39 bits per heavy atom.